The lowest BCUT2D eigenvalue weighted by atomic mass is 10.2. The second kappa shape index (κ2) is 5.20. The van der Waals surface area contributed by atoms with E-state index in [-0.39, 0.29) is 0 Å². The fourth-order valence-electron chi connectivity index (χ4n) is 1.66. The van der Waals surface area contributed by atoms with Gasteiger partial charge in [0.25, 0.3) is 0 Å². The molecule has 1 aromatic heterocycles. The molecule has 1 heterocycles. The fourth-order valence-corrected chi connectivity index (χ4v) is 2.39. The Bertz CT molecular complexity index is 563. The van der Waals surface area contributed by atoms with Gasteiger partial charge in [-0.1, -0.05) is 17.7 Å². The van der Waals surface area contributed by atoms with E-state index in [0.717, 1.165) is 15.7 Å². The first-order valence-corrected chi connectivity index (χ1v) is 6.52. The van der Waals surface area contributed by atoms with Gasteiger partial charge in [0.1, 0.15) is 11.8 Å². The molecule has 0 amide bonds. The third-order valence-corrected chi connectivity index (χ3v) is 3.73. The molecule has 0 bridgehead atoms. The molecule has 0 saturated carbocycles. The summed E-state index contributed by atoms with van der Waals surface area (Å²) in [6.07, 6.45) is 0. The number of hydrogen-bond donors (Lipinski definition) is 1. The summed E-state index contributed by atoms with van der Waals surface area (Å²) >= 11 is 9.54. The van der Waals surface area contributed by atoms with Gasteiger partial charge in [0.05, 0.1) is 15.9 Å². The minimum Gasteiger partial charge on any atom is -0.485 e. The predicted molar refractivity (Wildman–Crippen MR) is 75.8 cm³/mol. The van der Waals surface area contributed by atoms with Crippen molar-refractivity contribution in [1.29, 1.82) is 0 Å². The zero-order chi connectivity index (χ0) is 13.3. The van der Waals surface area contributed by atoms with Crippen LogP contribution in [0.2, 0.25) is 5.15 Å². The van der Waals surface area contributed by atoms with E-state index in [1.807, 2.05) is 19.1 Å². The summed E-state index contributed by atoms with van der Waals surface area (Å²) in [6, 6.07) is 5.52. The molecule has 0 aliphatic carbocycles. The molecule has 0 aliphatic rings. The Labute approximate surface area is 119 Å². The van der Waals surface area contributed by atoms with Crippen molar-refractivity contribution in [2.75, 3.05) is 5.73 Å². The van der Waals surface area contributed by atoms with Crippen molar-refractivity contribution in [2.24, 2.45) is 7.05 Å². The molecule has 0 spiro atoms. The van der Waals surface area contributed by atoms with Gasteiger partial charge in [-0.25, -0.2) is 0 Å². The van der Waals surface area contributed by atoms with Crippen LogP contribution in [0.1, 0.15) is 11.3 Å². The number of benzene rings is 1. The highest BCUT2D eigenvalue weighted by molar-refractivity contribution is 9.10. The Morgan fingerprint density at radius 2 is 2.22 bits per heavy atom. The predicted octanol–water partition coefficient (Wildman–Crippen LogP) is 3.31. The maximum Gasteiger partial charge on any atom is 0.156 e. The second-order valence-electron chi connectivity index (χ2n) is 3.93. The number of aryl methyl sites for hydroxylation is 2. The van der Waals surface area contributed by atoms with Crippen molar-refractivity contribution in [1.82, 2.24) is 9.78 Å². The number of para-hydroxylation sites is 1. The van der Waals surface area contributed by atoms with Gasteiger partial charge in [-0.3, -0.25) is 4.68 Å². The number of nitrogens with zero attached hydrogens (tertiary/aromatic N) is 2. The normalized spacial score (nSPS) is 10.7. The molecule has 0 aliphatic heterocycles. The van der Waals surface area contributed by atoms with Crippen LogP contribution in [-0.2, 0) is 13.7 Å². The van der Waals surface area contributed by atoms with E-state index in [1.165, 1.54) is 0 Å². The average molecular weight is 331 g/mol. The molecule has 0 fully saturated rings. The zero-order valence-electron chi connectivity index (χ0n) is 10.1. The highest BCUT2D eigenvalue weighted by Crippen LogP contribution is 2.32. The number of anilines is 1. The van der Waals surface area contributed by atoms with E-state index < -0.39 is 0 Å². The van der Waals surface area contributed by atoms with Gasteiger partial charge in [0.15, 0.2) is 5.75 Å². The van der Waals surface area contributed by atoms with E-state index in [1.54, 1.807) is 17.8 Å². The molecule has 0 radical (unpaired) electrons. The molecule has 0 unspecified atom stereocenters. The molecule has 18 heavy (non-hydrogen) atoms. The van der Waals surface area contributed by atoms with Gasteiger partial charge in [-0.2, -0.15) is 5.10 Å². The first-order chi connectivity index (χ1) is 8.50. The summed E-state index contributed by atoms with van der Waals surface area (Å²) < 4.78 is 8.16. The van der Waals surface area contributed by atoms with Crippen molar-refractivity contribution < 1.29 is 4.74 Å². The van der Waals surface area contributed by atoms with Crippen molar-refractivity contribution in [2.45, 2.75) is 13.5 Å². The van der Waals surface area contributed by atoms with Crippen LogP contribution in [0, 0.1) is 6.92 Å². The SMILES string of the molecule is Cc1nn(C)c(Cl)c1COc1c(N)cccc1Br. The molecule has 2 N–H and O–H groups in total. The van der Waals surface area contributed by atoms with Crippen LogP contribution in [0.4, 0.5) is 5.69 Å². The minimum absolute atomic E-state index is 0.339. The molecule has 2 rings (SSSR count). The molecular formula is C12H13BrClN3O. The lowest BCUT2D eigenvalue weighted by molar-refractivity contribution is 0.305. The Hall–Kier alpha value is -1.20. The third-order valence-electron chi connectivity index (χ3n) is 2.63. The van der Waals surface area contributed by atoms with E-state index in [0.29, 0.717) is 23.2 Å². The zero-order valence-corrected chi connectivity index (χ0v) is 12.4. The highest BCUT2D eigenvalue weighted by atomic mass is 79.9. The van der Waals surface area contributed by atoms with Gasteiger partial charge in [-0.15, -0.1) is 0 Å². The van der Waals surface area contributed by atoms with Crippen LogP contribution in [-0.4, -0.2) is 9.78 Å². The lowest BCUT2D eigenvalue weighted by Crippen LogP contribution is -2.00. The number of halogens is 2. The molecule has 2 aromatic rings. The van der Waals surface area contributed by atoms with E-state index >= 15 is 0 Å². The molecular weight excluding hydrogens is 318 g/mol. The maximum atomic E-state index is 6.14. The number of nitrogens with two attached hydrogens (primary N) is 1. The minimum atomic E-state index is 0.339. The summed E-state index contributed by atoms with van der Waals surface area (Å²) in [5, 5.41) is 4.81. The molecule has 4 nitrogen and oxygen atoms in total. The molecule has 1 aromatic carbocycles. The van der Waals surface area contributed by atoms with Gasteiger partial charge in [0, 0.05) is 12.6 Å². The van der Waals surface area contributed by atoms with Gasteiger partial charge >= 0.3 is 0 Å². The van der Waals surface area contributed by atoms with Crippen LogP contribution in [0.3, 0.4) is 0 Å². The Kier molecular flexibility index (Phi) is 3.82. The summed E-state index contributed by atoms with van der Waals surface area (Å²) in [7, 11) is 1.80. The largest absolute Gasteiger partial charge is 0.485 e. The van der Waals surface area contributed by atoms with E-state index in [4.69, 9.17) is 22.1 Å². The highest BCUT2D eigenvalue weighted by Gasteiger charge is 2.13. The number of aromatic nitrogens is 2. The van der Waals surface area contributed by atoms with Gasteiger partial charge in [0.2, 0.25) is 0 Å². The topological polar surface area (TPSA) is 53.1 Å². The Morgan fingerprint density at radius 3 is 2.78 bits per heavy atom. The van der Waals surface area contributed by atoms with Crippen molar-refractivity contribution in [3.05, 3.63) is 39.1 Å². The summed E-state index contributed by atoms with van der Waals surface area (Å²) in [5.41, 5.74) is 8.17. The Morgan fingerprint density at radius 1 is 1.50 bits per heavy atom. The van der Waals surface area contributed by atoms with Crippen LogP contribution in [0.25, 0.3) is 0 Å². The third kappa shape index (κ3) is 2.47. The number of ether oxygens (including phenoxy) is 1. The summed E-state index contributed by atoms with van der Waals surface area (Å²) in [4.78, 5) is 0. The van der Waals surface area contributed by atoms with Gasteiger partial charge in [-0.05, 0) is 35.0 Å². The molecule has 96 valence electrons. The molecule has 6 heteroatoms. The quantitative estimate of drug-likeness (QED) is 0.879. The Balaban J connectivity index is 2.22. The molecule has 0 atom stereocenters. The van der Waals surface area contributed by atoms with Crippen molar-refractivity contribution in [3.63, 3.8) is 0 Å². The van der Waals surface area contributed by atoms with Crippen molar-refractivity contribution in [3.8, 4) is 5.75 Å². The fraction of sp³-hybridized carbons (Fsp3) is 0.250. The van der Waals surface area contributed by atoms with Gasteiger partial charge < -0.3 is 10.5 Å². The molecule has 0 saturated heterocycles. The first kappa shape index (κ1) is 13.2. The average Bonchev–Trinajstić information content (AvgIpc) is 2.54. The van der Waals surface area contributed by atoms with Crippen LogP contribution in [0.5, 0.6) is 5.75 Å². The number of hydrogen-bond acceptors (Lipinski definition) is 3. The monoisotopic (exact) mass is 329 g/mol. The van der Waals surface area contributed by atoms with Crippen LogP contribution < -0.4 is 10.5 Å². The lowest BCUT2D eigenvalue weighted by Gasteiger charge is -2.10. The summed E-state index contributed by atoms with van der Waals surface area (Å²) in [6.45, 7) is 2.24. The van der Waals surface area contributed by atoms with E-state index in [9.17, 15) is 0 Å². The van der Waals surface area contributed by atoms with Crippen LogP contribution >= 0.6 is 27.5 Å². The van der Waals surface area contributed by atoms with Crippen molar-refractivity contribution >= 4 is 33.2 Å². The number of nitrogen functional groups attached to an aromatic ring is 1. The maximum absolute atomic E-state index is 6.14. The first-order valence-electron chi connectivity index (χ1n) is 5.35. The standard InChI is InChI=1S/C12H13BrClN3O/c1-7-8(12(14)17(2)16-7)6-18-11-9(13)4-3-5-10(11)15/h3-5H,6,15H2,1-2H3. The van der Waals surface area contributed by atoms with E-state index in [2.05, 4.69) is 21.0 Å². The smallest absolute Gasteiger partial charge is 0.156 e. The number of rotatable bonds is 3. The van der Waals surface area contributed by atoms with Crippen LogP contribution in [0.15, 0.2) is 22.7 Å². The summed E-state index contributed by atoms with van der Waals surface area (Å²) in [5.74, 6) is 0.622. The second-order valence-corrected chi connectivity index (χ2v) is 5.14.